The van der Waals surface area contributed by atoms with Crippen LogP contribution in [-0.4, -0.2) is 25.0 Å². The van der Waals surface area contributed by atoms with Crippen molar-refractivity contribution in [2.45, 2.75) is 72.8 Å². The molecule has 1 heterocycles. The lowest BCUT2D eigenvalue weighted by Crippen LogP contribution is -2.49. The van der Waals surface area contributed by atoms with E-state index in [0.29, 0.717) is 5.92 Å². The van der Waals surface area contributed by atoms with E-state index >= 15 is 0 Å². The summed E-state index contributed by atoms with van der Waals surface area (Å²) in [4.78, 5) is 12.5. The molecule has 20 heavy (non-hydrogen) atoms. The van der Waals surface area contributed by atoms with Gasteiger partial charge < -0.3 is 10.6 Å². The van der Waals surface area contributed by atoms with Crippen molar-refractivity contribution in [3.05, 3.63) is 0 Å². The zero-order valence-electron chi connectivity index (χ0n) is 14.1. The molecule has 1 aliphatic heterocycles. The van der Waals surface area contributed by atoms with Gasteiger partial charge in [-0.05, 0) is 51.1 Å². The third-order valence-electron chi connectivity index (χ3n) is 4.70. The van der Waals surface area contributed by atoms with E-state index in [4.69, 9.17) is 0 Å². The standard InChI is InChI=1S/C17H34N2O/c1-13(2)8-6-9-14(3)19-16(20)17(4,5)15-10-7-11-18-12-15/h13-15,18H,6-12H2,1-5H3,(H,19,20). The maximum absolute atomic E-state index is 12.5. The Kier molecular flexibility index (Phi) is 7.01. The fourth-order valence-electron chi connectivity index (χ4n) is 2.97. The van der Waals surface area contributed by atoms with Gasteiger partial charge in [0.1, 0.15) is 0 Å². The molecule has 1 fully saturated rings. The van der Waals surface area contributed by atoms with Crippen LogP contribution in [0.25, 0.3) is 0 Å². The summed E-state index contributed by atoms with van der Waals surface area (Å²) in [7, 11) is 0. The monoisotopic (exact) mass is 282 g/mol. The van der Waals surface area contributed by atoms with Crippen molar-refractivity contribution in [3.8, 4) is 0 Å². The SMILES string of the molecule is CC(C)CCCC(C)NC(=O)C(C)(C)C1CCCNC1. The molecule has 1 saturated heterocycles. The van der Waals surface area contributed by atoms with Crippen LogP contribution in [0.1, 0.15) is 66.7 Å². The van der Waals surface area contributed by atoms with Crippen LogP contribution in [0.4, 0.5) is 0 Å². The first kappa shape index (κ1) is 17.5. The molecule has 0 aliphatic carbocycles. The number of nitrogens with one attached hydrogen (secondary N) is 2. The van der Waals surface area contributed by atoms with E-state index in [1.807, 2.05) is 0 Å². The van der Waals surface area contributed by atoms with Crippen molar-refractivity contribution in [1.82, 2.24) is 10.6 Å². The number of carbonyl (C=O) groups excluding carboxylic acids is 1. The van der Waals surface area contributed by atoms with Crippen molar-refractivity contribution < 1.29 is 4.79 Å². The number of carbonyl (C=O) groups is 1. The highest BCUT2D eigenvalue weighted by molar-refractivity contribution is 5.82. The quantitative estimate of drug-likeness (QED) is 0.752. The molecule has 0 aromatic heterocycles. The van der Waals surface area contributed by atoms with Crippen LogP contribution in [0.15, 0.2) is 0 Å². The number of amides is 1. The molecule has 0 radical (unpaired) electrons. The highest BCUT2D eigenvalue weighted by Crippen LogP contribution is 2.32. The van der Waals surface area contributed by atoms with Gasteiger partial charge in [0.05, 0.1) is 0 Å². The first-order valence-electron chi connectivity index (χ1n) is 8.35. The maximum Gasteiger partial charge on any atom is 0.226 e. The Morgan fingerprint density at radius 2 is 2.00 bits per heavy atom. The molecule has 0 aromatic rings. The van der Waals surface area contributed by atoms with Crippen LogP contribution in [-0.2, 0) is 4.79 Å². The van der Waals surface area contributed by atoms with E-state index in [-0.39, 0.29) is 17.4 Å². The first-order valence-corrected chi connectivity index (χ1v) is 8.35. The van der Waals surface area contributed by atoms with Gasteiger partial charge in [0.2, 0.25) is 5.91 Å². The summed E-state index contributed by atoms with van der Waals surface area (Å²) in [5, 5.41) is 6.64. The largest absolute Gasteiger partial charge is 0.353 e. The topological polar surface area (TPSA) is 41.1 Å². The van der Waals surface area contributed by atoms with E-state index in [1.165, 1.54) is 19.3 Å². The van der Waals surface area contributed by atoms with Gasteiger partial charge in [0.25, 0.3) is 0 Å². The van der Waals surface area contributed by atoms with E-state index in [9.17, 15) is 4.79 Å². The third kappa shape index (κ3) is 5.43. The fraction of sp³-hybridized carbons (Fsp3) is 0.941. The zero-order chi connectivity index (χ0) is 15.2. The second-order valence-electron chi connectivity index (χ2n) is 7.46. The van der Waals surface area contributed by atoms with Crippen LogP contribution < -0.4 is 10.6 Å². The zero-order valence-corrected chi connectivity index (χ0v) is 14.1. The molecule has 1 amide bonds. The lowest BCUT2D eigenvalue weighted by Gasteiger charge is -2.36. The Morgan fingerprint density at radius 1 is 1.30 bits per heavy atom. The van der Waals surface area contributed by atoms with Gasteiger partial charge in [-0.3, -0.25) is 4.79 Å². The molecule has 0 bridgehead atoms. The van der Waals surface area contributed by atoms with Crippen molar-refractivity contribution in [1.29, 1.82) is 0 Å². The molecule has 1 aliphatic rings. The Bertz CT molecular complexity index is 293. The molecular weight excluding hydrogens is 248 g/mol. The summed E-state index contributed by atoms with van der Waals surface area (Å²) < 4.78 is 0. The molecule has 0 saturated carbocycles. The second-order valence-corrected chi connectivity index (χ2v) is 7.46. The number of hydrogen-bond acceptors (Lipinski definition) is 2. The summed E-state index contributed by atoms with van der Waals surface area (Å²) >= 11 is 0. The van der Waals surface area contributed by atoms with Crippen LogP contribution >= 0.6 is 0 Å². The molecule has 0 spiro atoms. The second kappa shape index (κ2) is 8.02. The molecule has 2 atom stereocenters. The van der Waals surface area contributed by atoms with Crippen LogP contribution in [0.2, 0.25) is 0 Å². The molecular formula is C17H34N2O. The smallest absolute Gasteiger partial charge is 0.226 e. The highest BCUT2D eigenvalue weighted by atomic mass is 16.2. The average molecular weight is 282 g/mol. The van der Waals surface area contributed by atoms with Crippen molar-refractivity contribution in [3.63, 3.8) is 0 Å². The Labute approximate surface area is 125 Å². The molecule has 3 heteroatoms. The number of rotatable bonds is 7. The third-order valence-corrected chi connectivity index (χ3v) is 4.70. The van der Waals surface area contributed by atoms with Crippen molar-refractivity contribution in [2.24, 2.45) is 17.3 Å². The van der Waals surface area contributed by atoms with Gasteiger partial charge >= 0.3 is 0 Å². The highest BCUT2D eigenvalue weighted by Gasteiger charge is 2.37. The van der Waals surface area contributed by atoms with E-state index < -0.39 is 0 Å². The molecule has 2 N–H and O–H groups in total. The number of piperidine rings is 1. The summed E-state index contributed by atoms with van der Waals surface area (Å²) in [5.74, 6) is 1.44. The summed E-state index contributed by atoms with van der Waals surface area (Å²) in [6, 6.07) is 0.289. The molecule has 1 rings (SSSR count). The normalized spacial score (nSPS) is 21.8. The minimum Gasteiger partial charge on any atom is -0.353 e. The van der Waals surface area contributed by atoms with Crippen LogP contribution in [0.3, 0.4) is 0 Å². The van der Waals surface area contributed by atoms with Gasteiger partial charge in [-0.15, -0.1) is 0 Å². The maximum atomic E-state index is 12.5. The fourth-order valence-corrected chi connectivity index (χ4v) is 2.97. The van der Waals surface area contributed by atoms with Crippen molar-refractivity contribution >= 4 is 5.91 Å². The lowest BCUT2D eigenvalue weighted by atomic mass is 9.74. The summed E-state index contributed by atoms with van der Waals surface area (Å²) in [5.41, 5.74) is -0.264. The van der Waals surface area contributed by atoms with Gasteiger partial charge in [-0.2, -0.15) is 0 Å². The van der Waals surface area contributed by atoms with Gasteiger partial charge in [0, 0.05) is 11.5 Å². The molecule has 3 nitrogen and oxygen atoms in total. The van der Waals surface area contributed by atoms with Gasteiger partial charge in [-0.1, -0.05) is 40.5 Å². The minimum atomic E-state index is -0.264. The lowest BCUT2D eigenvalue weighted by molar-refractivity contribution is -0.133. The summed E-state index contributed by atoms with van der Waals surface area (Å²) in [6.45, 7) is 12.9. The minimum absolute atomic E-state index is 0.225. The van der Waals surface area contributed by atoms with Crippen LogP contribution in [0.5, 0.6) is 0 Å². The Balaban J connectivity index is 2.39. The average Bonchev–Trinajstić information content (AvgIpc) is 2.39. The van der Waals surface area contributed by atoms with E-state index in [2.05, 4.69) is 45.3 Å². The van der Waals surface area contributed by atoms with Crippen LogP contribution in [0, 0.1) is 17.3 Å². The predicted molar refractivity (Wildman–Crippen MR) is 85.7 cm³/mol. The van der Waals surface area contributed by atoms with Crippen molar-refractivity contribution in [2.75, 3.05) is 13.1 Å². The Morgan fingerprint density at radius 3 is 2.55 bits per heavy atom. The van der Waals surface area contributed by atoms with E-state index in [0.717, 1.165) is 31.8 Å². The first-order chi connectivity index (χ1) is 9.34. The molecule has 118 valence electrons. The predicted octanol–water partition coefficient (Wildman–Crippen LogP) is 3.34. The van der Waals surface area contributed by atoms with E-state index in [1.54, 1.807) is 0 Å². The molecule has 0 aromatic carbocycles. The summed E-state index contributed by atoms with van der Waals surface area (Å²) in [6.07, 6.45) is 5.88. The number of hydrogen-bond donors (Lipinski definition) is 2. The molecule has 2 unspecified atom stereocenters. The van der Waals surface area contributed by atoms with Gasteiger partial charge in [0.15, 0.2) is 0 Å². The Hall–Kier alpha value is -0.570. The van der Waals surface area contributed by atoms with Gasteiger partial charge in [-0.25, -0.2) is 0 Å².